The maximum Gasteiger partial charge on any atom is 0.338 e. The number of fused-ring (bicyclic) bond motifs is 3. The summed E-state index contributed by atoms with van der Waals surface area (Å²) in [4.78, 5) is 17.5. The van der Waals surface area contributed by atoms with E-state index in [-0.39, 0.29) is 18.1 Å². The molecule has 7 heteroatoms. The molecule has 0 radical (unpaired) electrons. The van der Waals surface area contributed by atoms with Crippen molar-refractivity contribution < 1.29 is 9.53 Å². The van der Waals surface area contributed by atoms with Gasteiger partial charge in [0.1, 0.15) is 0 Å². The summed E-state index contributed by atoms with van der Waals surface area (Å²) in [6.07, 6.45) is 3.33. The fourth-order valence-electron chi connectivity index (χ4n) is 3.23. The monoisotopic (exact) mass is 337 g/mol. The normalized spacial score (nSPS) is 16.9. The summed E-state index contributed by atoms with van der Waals surface area (Å²) in [6.45, 7) is 5.55. The number of H-pyrrole nitrogens is 1. The van der Waals surface area contributed by atoms with Gasteiger partial charge in [0.15, 0.2) is 0 Å². The van der Waals surface area contributed by atoms with Crippen LogP contribution in [0.25, 0.3) is 11.0 Å². The molecule has 1 unspecified atom stereocenters. The number of allylic oxidation sites excluding steroid dienone is 1. The Bertz CT molecular complexity index is 969. The van der Waals surface area contributed by atoms with Crippen LogP contribution in [-0.2, 0) is 9.53 Å². The molecular weight excluding hydrogens is 318 g/mol. The smallest absolute Gasteiger partial charge is 0.338 e. The van der Waals surface area contributed by atoms with Gasteiger partial charge in [-0.1, -0.05) is 12.1 Å². The van der Waals surface area contributed by atoms with Crippen LogP contribution in [0.5, 0.6) is 0 Å². The number of carbonyl (C=O) groups excluding carboxylic acids is 1. The van der Waals surface area contributed by atoms with Gasteiger partial charge in [0.2, 0.25) is 5.95 Å². The summed E-state index contributed by atoms with van der Waals surface area (Å²) in [5.74, 6) is 0.362. The summed E-state index contributed by atoms with van der Waals surface area (Å²) in [6, 6.07) is 7.50. The molecule has 7 nitrogen and oxygen atoms in total. The maximum atomic E-state index is 12.8. The van der Waals surface area contributed by atoms with Gasteiger partial charge in [-0.3, -0.25) is 9.67 Å². The zero-order valence-electron chi connectivity index (χ0n) is 14.3. The van der Waals surface area contributed by atoms with Crippen molar-refractivity contribution in [2.75, 3.05) is 5.32 Å². The fourth-order valence-corrected chi connectivity index (χ4v) is 3.23. The van der Waals surface area contributed by atoms with Crippen LogP contribution < -0.4 is 5.32 Å². The van der Waals surface area contributed by atoms with E-state index in [1.807, 2.05) is 49.6 Å². The van der Waals surface area contributed by atoms with Crippen LogP contribution >= 0.6 is 0 Å². The molecule has 0 fully saturated rings. The molecule has 2 N–H and O–H groups in total. The fraction of sp³-hybridized carbons (Fsp3) is 0.278. The number of esters is 1. The Hall–Kier alpha value is -3.09. The Morgan fingerprint density at radius 3 is 2.84 bits per heavy atom. The molecule has 128 valence electrons. The van der Waals surface area contributed by atoms with Gasteiger partial charge >= 0.3 is 5.97 Å². The second-order valence-corrected chi connectivity index (χ2v) is 6.35. The lowest BCUT2D eigenvalue weighted by Gasteiger charge is -2.29. The van der Waals surface area contributed by atoms with Crippen LogP contribution in [-0.4, -0.2) is 31.8 Å². The van der Waals surface area contributed by atoms with E-state index in [2.05, 4.69) is 20.5 Å². The average molecular weight is 337 g/mol. The van der Waals surface area contributed by atoms with E-state index in [9.17, 15) is 4.79 Å². The lowest BCUT2D eigenvalue weighted by Crippen LogP contribution is -2.29. The highest BCUT2D eigenvalue weighted by Crippen LogP contribution is 2.39. The molecule has 3 aromatic rings. The van der Waals surface area contributed by atoms with Crippen molar-refractivity contribution >= 4 is 23.0 Å². The molecule has 2 aromatic heterocycles. The van der Waals surface area contributed by atoms with E-state index >= 15 is 0 Å². The number of aromatic nitrogens is 4. The molecule has 0 saturated carbocycles. The molecule has 0 saturated heterocycles. The molecule has 1 aliphatic rings. The molecule has 1 aromatic carbocycles. The lowest BCUT2D eigenvalue weighted by atomic mass is 9.97. The Balaban J connectivity index is 1.94. The molecule has 3 heterocycles. The van der Waals surface area contributed by atoms with Gasteiger partial charge in [0, 0.05) is 17.5 Å². The minimum atomic E-state index is -0.353. The van der Waals surface area contributed by atoms with Crippen molar-refractivity contribution in [1.29, 1.82) is 0 Å². The van der Waals surface area contributed by atoms with Crippen LogP contribution in [0.3, 0.4) is 0 Å². The zero-order valence-corrected chi connectivity index (χ0v) is 14.3. The predicted molar refractivity (Wildman–Crippen MR) is 94.0 cm³/mol. The number of anilines is 1. The first kappa shape index (κ1) is 15.4. The van der Waals surface area contributed by atoms with Gasteiger partial charge in [0.05, 0.1) is 34.9 Å². The number of hydrogen-bond acceptors (Lipinski definition) is 5. The molecule has 0 aliphatic carbocycles. The van der Waals surface area contributed by atoms with Crippen molar-refractivity contribution in [3.63, 3.8) is 0 Å². The number of nitrogens with one attached hydrogen (secondary N) is 2. The Morgan fingerprint density at radius 2 is 2.12 bits per heavy atom. The van der Waals surface area contributed by atoms with Crippen molar-refractivity contribution in [2.45, 2.75) is 32.9 Å². The molecule has 1 aliphatic heterocycles. The SMILES string of the molecule is CC1=C(C(=O)OC(C)C)C(c2cn[nH]c2)n2c(nc3ccccc32)N1. The molecule has 0 spiro atoms. The lowest BCUT2D eigenvalue weighted by molar-refractivity contribution is -0.143. The van der Waals surface area contributed by atoms with E-state index in [1.54, 1.807) is 12.4 Å². The standard InChI is InChI=1S/C18H19N5O2/c1-10(2)25-17(24)15-11(3)21-18-22-13-6-4-5-7-14(13)23(18)16(15)12-8-19-20-9-12/h4-10,16H,1-3H3,(H,19,20)(H,21,22). The molecular formula is C18H19N5O2. The van der Waals surface area contributed by atoms with Crippen molar-refractivity contribution in [3.8, 4) is 0 Å². The van der Waals surface area contributed by atoms with Gasteiger partial charge in [0.25, 0.3) is 0 Å². The third-order valence-corrected chi connectivity index (χ3v) is 4.23. The molecule has 4 rings (SSSR count). The van der Waals surface area contributed by atoms with E-state index in [0.29, 0.717) is 11.5 Å². The van der Waals surface area contributed by atoms with E-state index in [1.165, 1.54) is 0 Å². The van der Waals surface area contributed by atoms with Crippen LogP contribution in [0.1, 0.15) is 32.4 Å². The Kier molecular flexibility index (Phi) is 3.56. The number of nitrogens with zero attached hydrogens (tertiary/aromatic N) is 3. The van der Waals surface area contributed by atoms with Crippen LogP contribution in [0.15, 0.2) is 47.9 Å². The molecule has 1 atom stereocenters. The number of aromatic amines is 1. The number of benzene rings is 1. The van der Waals surface area contributed by atoms with E-state index in [4.69, 9.17) is 4.74 Å². The van der Waals surface area contributed by atoms with Gasteiger partial charge in [-0.05, 0) is 32.9 Å². The highest BCUT2D eigenvalue weighted by atomic mass is 16.5. The summed E-state index contributed by atoms with van der Waals surface area (Å²) >= 11 is 0. The van der Waals surface area contributed by atoms with E-state index in [0.717, 1.165) is 22.3 Å². The highest BCUT2D eigenvalue weighted by Gasteiger charge is 2.35. The van der Waals surface area contributed by atoms with Crippen molar-refractivity contribution in [2.24, 2.45) is 0 Å². The summed E-state index contributed by atoms with van der Waals surface area (Å²) in [5.41, 5.74) is 3.98. The Labute approximate surface area is 144 Å². The second-order valence-electron chi connectivity index (χ2n) is 6.35. The third-order valence-electron chi connectivity index (χ3n) is 4.23. The van der Waals surface area contributed by atoms with Gasteiger partial charge in [-0.25, -0.2) is 9.78 Å². The van der Waals surface area contributed by atoms with E-state index < -0.39 is 0 Å². The first-order valence-corrected chi connectivity index (χ1v) is 8.20. The van der Waals surface area contributed by atoms with Gasteiger partial charge in [-0.15, -0.1) is 0 Å². The minimum Gasteiger partial charge on any atom is -0.459 e. The van der Waals surface area contributed by atoms with Gasteiger partial charge < -0.3 is 10.1 Å². The number of ether oxygens (including phenoxy) is 1. The Morgan fingerprint density at radius 1 is 1.32 bits per heavy atom. The first-order valence-electron chi connectivity index (χ1n) is 8.20. The summed E-state index contributed by atoms with van der Waals surface area (Å²) < 4.78 is 7.51. The first-order chi connectivity index (χ1) is 12.1. The second kappa shape index (κ2) is 5.77. The van der Waals surface area contributed by atoms with Crippen molar-refractivity contribution in [1.82, 2.24) is 19.7 Å². The number of imidazole rings is 1. The van der Waals surface area contributed by atoms with Crippen molar-refractivity contribution in [3.05, 3.63) is 53.5 Å². The predicted octanol–water partition coefficient (Wildman–Crippen LogP) is 3.00. The molecule has 25 heavy (non-hydrogen) atoms. The van der Waals surface area contributed by atoms with Crippen LogP contribution in [0.2, 0.25) is 0 Å². The minimum absolute atomic E-state index is 0.196. The highest BCUT2D eigenvalue weighted by molar-refractivity contribution is 5.94. The maximum absolute atomic E-state index is 12.8. The number of rotatable bonds is 3. The molecule has 0 amide bonds. The van der Waals surface area contributed by atoms with Crippen LogP contribution in [0, 0.1) is 0 Å². The third kappa shape index (κ3) is 2.48. The van der Waals surface area contributed by atoms with Crippen LogP contribution in [0.4, 0.5) is 5.95 Å². The number of carbonyl (C=O) groups is 1. The molecule has 0 bridgehead atoms. The number of hydrogen-bond donors (Lipinski definition) is 2. The van der Waals surface area contributed by atoms with Gasteiger partial charge in [-0.2, -0.15) is 5.10 Å². The zero-order chi connectivity index (χ0) is 17.6. The summed E-state index contributed by atoms with van der Waals surface area (Å²) in [7, 11) is 0. The number of para-hydroxylation sites is 2. The topological polar surface area (TPSA) is 84.8 Å². The average Bonchev–Trinajstić information content (AvgIpc) is 3.20. The largest absolute Gasteiger partial charge is 0.459 e. The quantitative estimate of drug-likeness (QED) is 0.718. The summed E-state index contributed by atoms with van der Waals surface area (Å²) in [5, 5.41) is 10.1.